The van der Waals surface area contributed by atoms with Crippen LogP contribution >= 0.6 is 0 Å². The van der Waals surface area contributed by atoms with E-state index in [2.05, 4.69) is 35.7 Å². The Labute approximate surface area is 183 Å². The fourth-order valence-electron chi connectivity index (χ4n) is 4.85. The van der Waals surface area contributed by atoms with E-state index in [0.29, 0.717) is 24.7 Å². The van der Waals surface area contributed by atoms with Crippen LogP contribution in [0, 0.1) is 17.8 Å². The van der Waals surface area contributed by atoms with Crippen LogP contribution in [0.5, 0.6) is 5.75 Å². The number of imidazole rings is 1. The maximum Gasteiger partial charge on any atom is 0.224 e. The standard InChI is InChI=1S/C26H31N3O2/c1-4-18-10-16(2)22(17(3)11-18)15-26(31)27-20-8-9-23-24(14-20)29-25(28-23)13-19-6-5-7-21(30)12-19/h5-9,12,14,17-18,22,30H,2,4,10-11,13,15H2,1,3H3,(H,27,31)(H,28,29). The summed E-state index contributed by atoms with van der Waals surface area (Å²) in [7, 11) is 0. The number of allylic oxidation sites excluding steroid dienone is 1. The molecule has 31 heavy (non-hydrogen) atoms. The van der Waals surface area contributed by atoms with Gasteiger partial charge >= 0.3 is 0 Å². The first kappa shape index (κ1) is 21.2. The van der Waals surface area contributed by atoms with Crippen molar-refractivity contribution in [2.45, 2.75) is 46.0 Å². The predicted octanol–water partition coefficient (Wildman–Crippen LogP) is 5.82. The Morgan fingerprint density at radius 2 is 2.13 bits per heavy atom. The van der Waals surface area contributed by atoms with Crippen molar-refractivity contribution >= 4 is 22.6 Å². The minimum absolute atomic E-state index is 0.0341. The second kappa shape index (κ2) is 8.96. The molecule has 0 saturated heterocycles. The van der Waals surface area contributed by atoms with Gasteiger partial charge in [-0.05, 0) is 66.5 Å². The van der Waals surface area contributed by atoms with Crippen LogP contribution in [0.15, 0.2) is 54.6 Å². The van der Waals surface area contributed by atoms with Gasteiger partial charge in [0.05, 0.1) is 11.0 Å². The lowest BCUT2D eigenvalue weighted by Crippen LogP contribution is -2.28. The van der Waals surface area contributed by atoms with E-state index in [1.165, 1.54) is 18.4 Å². The fraction of sp³-hybridized carbons (Fsp3) is 0.385. The number of hydrogen-bond acceptors (Lipinski definition) is 3. The van der Waals surface area contributed by atoms with Crippen molar-refractivity contribution in [2.75, 3.05) is 5.32 Å². The summed E-state index contributed by atoms with van der Waals surface area (Å²) >= 11 is 0. The number of aromatic amines is 1. The van der Waals surface area contributed by atoms with E-state index in [4.69, 9.17) is 0 Å². The molecule has 5 nitrogen and oxygen atoms in total. The highest BCUT2D eigenvalue weighted by Gasteiger charge is 2.31. The summed E-state index contributed by atoms with van der Waals surface area (Å²) in [6, 6.07) is 12.9. The van der Waals surface area contributed by atoms with Crippen LogP contribution in [-0.2, 0) is 11.2 Å². The van der Waals surface area contributed by atoms with E-state index in [9.17, 15) is 9.90 Å². The monoisotopic (exact) mass is 417 g/mol. The first-order valence-electron chi connectivity index (χ1n) is 11.1. The molecule has 0 spiro atoms. The number of nitrogens with one attached hydrogen (secondary N) is 2. The van der Waals surface area contributed by atoms with Gasteiger partial charge in [-0.15, -0.1) is 0 Å². The normalized spacial score (nSPS) is 21.4. The maximum atomic E-state index is 12.7. The van der Waals surface area contributed by atoms with E-state index in [1.807, 2.05) is 30.3 Å². The van der Waals surface area contributed by atoms with E-state index >= 15 is 0 Å². The zero-order chi connectivity index (χ0) is 22.0. The second-order valence-electron chi connectivity index (χ2n) is 8.97. The number of carbonyl (C=O) groups is 1. The predicted molar refractivity (Wildman–Crippen MR) is 125 cm³/mol. The highest BCUT2D eigenvalue weighted by Crippen LogP contribution is 2.40. The quantitative estimate of drug-likeness (QED) is 0.443. The molecule has 0 bridgehead atoms. The lowest BCUT2D eigenvalue weighted by Gasteiger charge is -2.35. The molecular weight excluding hydrogens is 386 g/mol. The molecule has 3 unspecified atom stereocenters. The zero-order valence-corrected chi connectivity index (χ0v) is 18.3. The van der Waals surface area contributed by atoms with Gasteiger partial charge in [0, 0.05) is 18.5 Å². The molecule has 1 saturated carbocycles. The molecule has 0 radical (unpaired) electrons. The van der Waals surface area contributed by atoms with Crippen LogP contribution in [0.25, 0.3) is 11.0 Å². The molecule has 0 aliphatic heterocycles. The molecule has 3 aromatic rings. The molecule has 5 heteroatoms. The van der Waals surface area contributed by atoms with Crippen LogP contribution in [-0.4, -0.2) is 21.0 Å². The van der Waals surface area contributed by atoms with Crippen LogP contribution in [0.1, 0.15) is 50.9 Å². The van der Waals surface area contributed by atoms with Crippen molar-refractivity contribution in [3.05, 3.63) is 66.0 Å². The summed E-state index contributed by atoms with van der Waals surface area (Å²) in [4.78, 5) is 20.7. The van der Waals surface area contributed by atoms with Gasteiger partial charge in [-0.25, -0.2) is 4.98 Å². The van der Waals surface area contributed by atoms with Gasteiger partial charge in [0.25, 0.3) is 0 Å². The minimum atomic E-state index is 0.0341. The molecule has 1 heterocycles. The number of amides is 1. The van der Waals surface area contributed by atoms with Crippen LogP contribution in [0.2, 0.25) is 0 Å². The number of fused-ring (bicyclic) bond motifs is 1. The van der Waals surface area contributed by atoms with Gasteiger partial charge in [-0.3, -0.25) is 4.79 Å². The van der Waals surface area contributed by atoms with Crippen LogP contribution < -0.4 is 5.32 Å². The molecule has 2 aromatic carbocycles. The van der Waals surface area contributed by atoms with Crippen LogP contribution in [0.3, 0.4) is 0 Å². The molecule has 3 atom stereocenters. The minimum Gasteiger partial charge on any atom is -0.508 e. The molecule has 1 aliphatic carbocycles. The zero-order valence-electron chi connectivity index (χ0n) is 18.3. The van der Waals surface area contributed by atoms with Crippen molar-refractivity contribution in [3.63, 3.8) is 0 Å². The highest BCUT2D eigenvalue weighted by atomic mass is 16.3. The number of benzene rings is 2. The summed E-state index contributed by atoms with van der Waals surface area (Å²) in [5.41, 5.74) is 4.72. The number of phenolic OH excluding ortho intramolecular Hbond substituents is 1. The molecule has 3 N–H and O–H groups in total. The Balaban J connectivity index is 1.41. The van der Waals surface area contributed by atoms with E-state index in [0.717, 1.165) is 34.5 Å². The van der Waals surface area contributed by atoms with Crippen molar-refractivity contribution < 1.29 is 9.90 Å². The topological polar surface area (TPSA) is 78.0 Å². The number of hydrogen-bond donors (Lipinski definition) is 3. The molecule has 4 rings (SSSR count). The third-order valence-corrected chi connectivity index (χ3v) is 6.55. The number of aromatic nitrogens is 2. The average molecular weight is 418 g/mol. The van der Waals surface area contributed by atoms with Gasteiger partial charge in [0.1, 0.15) is 11.6 Å². The molecular formula is C26H31N3O2. The first-order chi connectivity index (χ1) is 14.9. The maximum absolute atomic E-state index is 12.7. The summed E-state index contributed by atoms with van der Waals surface area (Å²) in [6.07, 6.45) is 4.49. The lowest BCUT2D eigenvalue weighted by molar-refractivity contribution is -0.117. The smallest absolute Gasteiger partial charge is 0.224 e. The summed E-state index contributed by atoms with van der Waals surface area (Å²) < 4.78 is 0. The third kappa shape index (κ3) is 4.98. The van der Waals surface area contributed by atoms with Gasteiger partial charge in [0.15, 0.2) is 0 Å². The number of H-pyrrole nitrogens is 1. The molecule has 1 amide bonds. The average Bonchev–Trinajstić information content (AvgIpc) is 3.12. The summed E-state index contributed by atoms with van der Waals surface area (Å²) in [5.74, 6) is 2.56. The summed E-state index contributed by atoms with van der Waals surface area (Å²) in [5, 5.41) is 12.7. The Morgan fingerprint density at radius 3 is 2.87 bits per heavy atom. The second-order valence-corrected chi connectivity index (χ2v) is 8.97. The first-order valence-corrected chi connectivity index (χ1v) is 11.1. The third-order valence-electron chi connectivity index (χ3n) is 6.55. The Morgan fingerprint density at radius 1 is 1.29 bits per heavy atom. The Bertz CT molecular complexity index is 1100. The Hall–Kier alpha value is -3.08. The largest absolute Gasteiger partial charge is 0.508 e. The number of carbonyl (C=O) groups excluding carboxylic acids is 1. The van der Waals surface area contributed by atoms with E-state index in [-0.39, 0.29) is 17.6 Å². The highest BCUT2D eigenvalue weighted by molar-refractivity contribution is 5.93. The van der Waals surface area contributed by atoms with E-state index in [1.54, 1.807) is 12.1 Å². The van der Waals surface area contributed by atoms with Gasteiger partial charge in [-0.1, -0.05) is 44.6 Å². The molecule has 1 aliphatic rings. The molecule has 1 aromatic heterocycles. The van der Waals surface area contributed by atoms with Gasteiger partial charge in [0.2, 0.25) is 5.91 Å². The van der Waals surface area contributed by atoms with E-state index < -0.39 is 0 Å². The lowest BCUT2D eigenvalue weighted by atomic mass is 9.70. The van der Waals surface area contributed by atoms with Crippen molar-refractivity contribution in [1.82, 2.24) is 9.97 Å². The number of anilines is 1. The molecule has 162 valence electrons. The summed E-state index contributed by atoms with van der Waals surface area (Å²) in [6.45, 7) is 8.76. The number of nitrogens with zero attached hydrogens (tertiary/aromatic N) is 1. The van der Waals surface area contributed by atoms with Gasteiger partial charge in [-0.2, -0.15) is 0 Å². The number of rotatable bonds is 6. The Kier molecular flexibility index (Phi) is 6.12. The van der Waals surface area contributed by atoms with Crippen LogP contribution in [0.4, 0.5) is 5.69 Å². The number of aromatic hydroxyl groups is 1. The number of phenols is 1. The van der Waals surface area contributed by atoms with Crippen molar-refractivity contribution in [2.24, 2.45) is 17.8 Å². The van der Waals surface area contributed by atoms with Gasteiger partial charge < -0.3 is 15.4 Å². The SMILES string of the molecule is C=C1CC(CC)CC(C)C1CC(=O)Nc1ccc2nc(Cc3cccc(O)c3)[nH]c2c1. The molecule has 1 fully saturated rings. The van der Waals surface area contributed by atoms with Crippen molar-refractivity contribution in [3.8, 4) is 5.75 Å². The van der Waals surface area contributed by atoms with Crippen molar-refractivity contribution in [1.29, 1.82) is 0 Å². The fourth-order valence-corrected chi connectivity index (χ4v) is 4.85.